The number of carbonyl (C=O) groups is 1. The smallest absolute Gasteiger partial charge is 0.255 e. The van der Waals surface area contributed by atoms with Gasteiger partial charge in [-0.25, -0.2) is 4.68 Å². The molecule has 1 aromatic heterocycles. The molecule has 1 aliphatic heterocycles. The van der Waals surface area contributed by atoms with Gasteiger partial charge < -0.3 is 10.1 Å². The Bertz CT molecular complexity index is 964. The van der Waals surface area contributed by atoms with E-state index in [2.05, 4.69) is 10.2 Å². The molecular weight excluding hydrogens is 376 g/mol. The molecule has 0 spiro atoms. The van der Waals surface area contributed by atoms with Gasteiger partial charge in [0.05, 0.1) is 30.2 Å². The summed E-state index contributed by atoms with van der Waals surface area (Å²) in [7, 11) is 0. The first kappa shape index (κ1) is 20.3. The Labute approximate surface area is 177 Å². The number of carbonyl (C=O) groups excluding carboxylic acids is 1. The fourth-order valence-corrected chi connectivity index (χ4v) is 3.81. The predicted octanol–water partition coefficient (Wildman–Crippen LogP) is 3.30. The summed E-state index contributed by atoms with van der Waals surface area (Å²) in [6.07, 6.45) is 0.915. The Morgan fingerprint density at radius 2 is 1.70 bits per heavy atom. The van der Waals surface area contributed by atoms with Crippen LogP contribution < -0.4 is 5.32 Å². The average Bonchev–Trinajstić information content (AvgIpc) is 3.15. The molecule has 1 N–H and O–H groups in total. The number of hydrogen-bond acceptors (Lipinski definition) is 4. The minimum Gasteiger partial charge on any atom is -0.379 e. The highest BCUT2D eigenvalue weighted by atomic mass is 16.5. The lowest BCUT2D eigenvalue weighted by Crippen LogP contribution is -2.38. The molecular formula is C24H28N4O2. The number of nitrogens with zero attached hydrogens (tertiary/aromatic N) is 3. The number of aromatic nitrogens is 2. The van der Waals surface area contributed by atoms with Gasteiger partial charge in [0, 0.05) is 25.2 Å². The predicted molar refractivity (Wildman–Crippen MR) is 118 cm³/mol. The standard InChI is InChI=1S/C24H28N4O2/c1-19-22(24(29)25-13-8-14-27-15-17-30-18-16-27)23(20-9-4-2-5-10-20)26-28(19)21-11-6-3-7-12-21/h2-7,9-12H,8,13-18H2,1H3,(H,25,29). The maximum atomic E-state index is 13.2. The number of benzene rings is 2. The molecule has 0 atom stereocenters. The normalized spacial score (nSPS) is 14.6. The first-order valence-corrected chi connectivity index (χ1v) is 10.5. The van der Waals surface area contributed by atoms with Gasteiger partial charge in [-0.1, -0.05) is 48.5 Å². The zero-order valence-electron chi connectivity index (χ0n) is 17.4. The van der Waals surface area contributed by atoms with Crippen molar-refractivity contribution in [1.82, 2.24) is 20.0 Å². The van der Waals surface area contributed by atoms with Gasteiger partial charge in [0.2, 0.25) is 0 Å². The topological polar surface area (TPSA) is 59.4 Å². The van der Waals surface area contributed by atoms with Crippen LogP contribution in [0.2, 0.25) is 0 Å². The van der Waals surface area contributed by atoms with E-state index < -0.39 is 0 Å². The van der Waals surface area contributed by atoms with Gasteiger partial charge in [-0.05, 0) is 32.0 Å². The summed E-state index contributed by atoms with van der Waals surface area (Å²) in [6, 6.07) is 19.8. The number of amides is 1. The molecule has 4 rings (SSSR count). The van der Waals surface area contributed by atoms with E-state index in [1.54, 1.807) is 0 Å². The molecule has 0 saturated carbocycles. The third-order valence-electron chi connectivity index (χ3n) is 5.43. The van der Waals surface area contributed by atoms with Crippen molar-refractivity contribution in [3.8, 4) is 16.9 Å². The van der Waals surface area contributed by atoms with Crippen LogP contribution in [0.3, 0.4) is 0 Å². The van der Waals surface area contributed by atoms with Crippen LogP contribution in [-0.2, 0) is 4.74 Å². The van der Waals surface area contributed by atoms with Gasteiger partial charge >= 0.3 is 0 Å². The van der Waals surface area contributed by atoms with Crippen molar-refractivity contribution in [1.29, 1.82) is 0 Å². The largest absolute Gasteiger partial charge is 0.379 e. The zero-order valence-corrected chi connectivity index (χ0v) is 17.4. The van der Waals surface area contributed by atoms with Crippen LogP contribution in [0.5, 0.6) is 0 Å². The Kier molecular flexibility index (Phi) is 6.57. The molecule has 1 saturated heterocycles. The van der Waals surface area contributed by atoms with Crippen molar-refractivity contribution in [2.24, 2.45) is 0 Å². The van der Waals surface area contributed by atoms with Gasteiger partial charge in [-0.3, -0.25) is 9.69 Å². The summed E-state index contributed by atoms with van der Waals surface area (Å²) in [6.45, 7) is 7.09. The number of hydrogen-bond donors (Lipinski definition) is 1. The van der Waals surface area contributed by atoms with E-state index in [1.165, 1.54) is 0 Å². The monoisotopic (exact) mass is 404 g/mol. The molecule has 0 aliphatic carbocycles. The Hall–Kier alpha value is -2.96. The summed E-state index contributed by atoms with van der Waals surface area (Å²) >= 11 is 0. The van der Waals surface area contributed by atoms with Crippen molar-refractivity contribution in [2.45, 2.75) is 13.3 Å². The molecule has 2 heterocycles. The second-order valence-corrected chi connectivity index (χ2v) is 7.49. The third kappa shape index (κ3) is 4.61. The lowest BCUT2D eigenvalue weighted by Gasteiger charge is -2.26. The number of morpholine rings is 1. The highest BCUT2D eigenvalue weighted by Gasteiger charge is 2.23. The van der Waals surface area contributed by atoms with E-state index >= 15 is 0 Å². The Morgan fingerprint density at radius 1 is 1.03 bits per heavy atom. The lowest BCUT2D eigenvalue weighted by molar-refractivity contribution is 0.0374. The van der Waals surface area contributed by atoms with Gasteiger partial charge in [0.25, 0.3) is 5.91 Å². The van der Waals surface area contributed by atoms with Crippen LogP contribution in [0.25, 0.3) is 16.9 Å². The lowest BCUT2D eigenvalue weighted by atomic mass is 10.1. The minimum absolute atomic E-state index is 0.0736. The number of rotatable bonds is 7. The molecule has 1 amide bonds. The van der Waals surface area contributed by atoms with Gasteiger partial charge in [0.1, 0.15) is 5.69 Å². The molecule has 1 fully saturated rings. The van der Waals surface area contributed by atoms with Crippen LogP contribution in [0.1, 0.15) is 22.5 Å². The highest BCUT2D eigenvalue weighted by molar-refractivity contribution is 6.01. The van der Waals surface area contributed by atoms with E-state index in [4.69, 9.17) is 9.84 Å². The molecule has 30 heavy (non-hydrogen) atoms. The average molecular weight is 405 g/mol. The SMILES string of the molecule is Cc1c(C(=O)NCCCN2CCOCC2)c(-c2ccccc2)nn1-c1ccccc1. The first-order chi connectivity index (χ1) is 14.7. The van der Waals surface area contributed by atoms with E-state index in [0.29, 0.717) is 17.8 Å². The van der Waals surface area contributed by atoms with Gasteiger partial charge in [-0.2, -0.15) is 5.10 Å². The molecule has 156 valence electrons. The van der Waals surface area contributed by atoms with Crippen LogP contribution in [0, 0.1) is 6.92 Å². The summed E-state index contributed by atoms with van der Waals surface area (Å²) in [5.74, 6) is -0.0736. The molecule has 6 heteroatoms. The van der Waals surface area contributed by atoms with Crippen molar-refractivity contribution in [3.63, 3.8) is 0 Å². The van der Waals surface area contributed by atoms with E-state index in [0.717, 1.165) is 56.2 Å². The molecule has 0 bridgehead atoms. The summed E-state index contributed by atoms with van der Waals surface area (Å²) in [4.78, 5) is 15.5. The van der Waals surface area contributed by atoms with Crippen LogP contribution in [-0.4, -0.2) is 60.0 Å². The maximum absolute atomic E-state index is 13.2. The Balaban J connectivity index is 1.53. The second-order valence-electron chi connectivity index (χ2n) is 7.49. The van der Waals surface area contributed by atoms with Crippen molar-refractivity contribution in [2.75, 3.05) is 39.4 Å². The number of para-hydroxylation sites is 1. The van der Waals surface area contributed by atoms with Crippen LogP contribution in [0.4, 0.5) is 0 Å². The van der Waals surface area contributed by atoms with Gasteiger partial charge in [0.15, 0.2) is 0 Å². The van der Waals surface area contributed by atoms with E-state index in [9.17, 15) is 4.79 Å². The molecule has 6 nitrogen and oxygen atoms in total. The summed E-state index contributed by atoms with van der Waals surface area (Å²) in [5, 5.41) is 7.91. The fraction of sp³-hybridized carbons (Fsp3) is 0.333. The van der Waals surface area contributed by atoms with Gasteiger partial charge in [-0.15, -0.1) is 0 Å². The van der Waals surface area contributed by atoms with Crippen LogP contribution in [0.15, 0.2) is 60.7 Å². The maximum Gasteiger partial charge on any atom is 0.255 e. The minimum atomic E-state index is -0.0736. The molecule has 0 unspecified atom stereocenters. The Morgan fingerprint density at radius 3 is 2.40 bits per heavy atom. The van der Waals surface area contributed by atoms with Crippen LogP contribution >= 0.6 is 0 Å². The van der Waals surface area contributed by atoms with E-state index in [-0.39, 0.29) is 5.91 Å². The van der Waals surface area contributed by atoms with Crippen molar-refractivity contribution >= 4 is 5.91 Å². The fourth-order valence-electron chi connectivity index (χ4n) is 3.81. The number of nitrogens with one attached hydrogen (secondary N) is 1. The second kappa shape index (κ2) is 9.69. The first-order valence-electron chi connectivity index (χ1n) is 10.5. The highest BCUT2D eigenvalue weighted by Crippen LogP contribution is 2.27. The summed E-state index contributed by atoms with van der Waals surface area (Å²) < 4.78 is 7.24. The quantitative estimate of drug-likeness (QED) is 0.614. The molecule has 3 aromatic rings. The molecule has 2 aromatic carbocycles. The van der Waals surface area contributed by atoms with Crippen molar-refractivity contribution in [3.05, 3.63) is 71.9 Å². The number of ether oxygens (including phenoxy) is 1. The summed E-state index contributed by atoms with van der Waals surface area (Å²) in [5.41, 5.74) is 4.07. The van der Waals surface area contributed by atoms with E-state index in [1.807, 2.05) is 72.3 Å². The molecule has 0 radical (unpaired) electrons. The zero-order chi connectivity index (χ0) is 20.8. The third-order valence-corrected chi connectivity index (χ3v) is 5.43. The molecule has 1 aliphatic rings. The van der Waals surface area contributed by atoms with Crippen molar-refractivity contribution < 1.29 is 9.53 Å².